The summed E-state index contributed by atoms with van der Waals surface area (Å²) in [5.74, 6) is 0. The van der Waals surface area contributed by atoms with E-state index in [4.69, 9.17) is 4.74 Å². The van der Waals surface area contributed by atoms with E-state index in [1.165, 1.54) is 22.2 Å². The molecule has 0 saturated heterocycles. The van der Waals surface area contributed by atoms with Crippen molar-refractivity contribution in [2.75, 3.05) is 0 Å². The van der Waals surface area contributed by atoms with Crippen LogP contribution in [0.5, 0.6) is 0 Å². The van der Waals surface area contributed by atoms with Gasteiger partial charge in [-0.1, -0.05) is 18.2 Å². The third-order valence-corrected chi connectivity index (χ3v) is 3.82. The number of amides is 1. The highest BCUT2D eigenvalue weighted by Crippen LogP contribution is 2.29. The standard InChI is InChI=1S/C17H22N2O2/c1-17(2,3)21-16(20)18-11-8-9-13-12-6-4-5-7-14(12)19-15(13)10-11/h4-7,11,19H,8-10H2,1-3H3,(H,18,20). The number of rotatable bonds is 1. The lowest BCUT2D eigenvalue weighted by Crippen LogP contribution is -2.41. The number of aromatic nitrogens is 1. The Balaban J connectivity index is 1.71. The maximum absolute atomic E-state index is 11.9. The number of carbonyl (C=O) groups excluding carboxylic acids is 1. The van der Waals surface area contributed by atoms with Crippen LogP contribution in [0.25, 0.3) is 10.9 Å². The van der Waals surface area contributed by atoms with Crippen molar-refractivity contribution in [3.05, 3.63) is 35.5 Å². The van der Waals surface area contributed by atoms with Crippen LogP contribution < -0.4 is 5.32 Å². The second-order valence-electron chi connectivity index (χ2n) is 6.71. The Morgan fingerprint density at radius 3 is 2.86 bits per heavy atom. The molecule has 2 aromatic rings. The third kappa shape index (κ3) is 3.04. The minimum atomic E-state index is -0.453. The number of aromatic amines is 1. The molecule has 2 N–H and O–H groups in total. The van der Waals surface area contributed by atoms with Crippen LogP contribution >= 0.6 is 0 Å². The number of ether oxygens (including phenoxy) is 1. The molecule has 112 valence electrons. The van der Waals surface area contributed by atoms with Gasteiger partial charge < -0.3 is 15.0 Å². The first-order valence-corrected chi connectivity index (χ1v) is 7.50. The zero-order valence-corrected chi connectivity index (χ0v) is 12.8. The molecule has 0 spiro atoms. The molecule has 1 unspecified atom stereocenters. The Morgan fingerprint density at radius 2 is 2.10 bits per heavy atom. The fourth-order valence-electron chi connectivity index (χ4n) is 2.98. The van der Waals surface area contributed by atoms with Crippen molar-refractivity contribution in [3.8, 4) is 0 Å². The Bertz CT molecular complexity index is 667. The first kappa shape index (κ1) is 14.0. The number of hydrogen-bond acceptors (Lipinski definition) is 2. The van der Waals surface area contributed by atoms with E-state index in [9.17, 15) is 4.79 Å². The molecule has 1 aliphatic rings. The van der Waals surface area contributed by atoms with Crippen molar-refractivity contribution in [1.82, 2.24) is 10.3 Å². The summed E-state index contributed by atoms with van der Waals surface area (Å²) in [7, 11) is 0. The summed E-state index contributed by atoms with van der Waals surface area (Å²) in [5, 5.41) is 4.29. The maximum atomic E-state index is 11.9. The highest BCUT2D eigenvalue weighted by Gasteiger charge is 2.25. The molecule has 1 atom stereocenters. The highest BCUT2D eigenvalue weighted by molar-refractivity contribution is 5.85. The number of benzene rings is 1. The van der Waals surface area contributed by atoms with Crippen LogP contribution in [0.2, 0.25) is 0 Å². The highest BCUT2D eigenvalue weighted by atomic mass is 16.6. The van der Waals surface area contributed by atoms with Crippen LogP contribution in [-0.4, -0.2) is 22.7 Å². The Morgan fingerprint density at radius 1 is 1.33 bits per heavy atom. The van der Waals surface area contributed by atoms with Crippen LogP contribution in [0.1, 0.15) is 38.4 Å². The fourth-order valence-corrected chi connectivity index (χ4v) is 2.98. The zero-order chi connectivity index (χ0) is 15.0. The number of alkyl carbamates (subject to hydrolysis) is 1. The lowest BCUT2D eigenvalue weighted by atomic mass is 9.92. The Kier molecular flexibility index (Phi) is 3.40. The van der Waals surface area contributed by atoms with Gasteiger partial charge in [0.05, 0.1) is 0 Å². The van der Waals surface area contributed by atoms with Gasteiger partial charge in [-0.25, -0.2) is 4.79 Å². The summed E-state index contributed by atoms with van der Waals surface area (Å²) >= 11 is 0. The van der Waals surface area contributed by atoms with Crippen molar-refractivity contribution in [2.24, 2.45) is 0 Å². The van der Waals surface area contributed by atoms with E-state index < -0.39 is 5.60 Å². The minimum absolute atomic E-state index is 0.139. The maximum Gasteiger partial charge on any atom is 0.407 e. The summed E-state index contributed by atoms with van der Waals surface area (Å²) in [6.45, 7) is 5.63. The van der Waals surface area contributed by atoms with Crippen LogP contribution in [0.4, 0.5) is 4.79 Å². The van der Waals surface area contributed by atoms with Crippen LogP contribution in [-0.2, 0) is 17.6 Å². The van der Waals surface area contributed by atoms with Gasteiger partial charge in [-0.3, -0.25) is 0 Å². The molecule has 1 heterocycles. The van der Waals surface area contributed by atoms with Gasteiger partial charge in [0.25, 0.3) is 0 Å². The van der Waals surface area contributed by atoms with Crippen molar-refractivity contribution in [1.29, 1.82) is 0 Å². The largest absolute Gasteiger partial charge is 0.444 e. The van der Waals surface area contributed by atoms with E-state index in [2.05, 4.69) is 28.5 Å². The van der Waals surface area contributed by atoms with Gasteiger partial charge in [0.2, 0.25) is 0 Å². The van der Waals surface area contributed by atoms with Gasteiger partial charge in [-0.2, -0.15) is 0 Å². The van der Waals surface area contributed by atoms with Gasteiger partial charge in [-0.15, -0.1) is 0 Å². The van der Waals surface area contributed by atoms with Crippen molar-refractivity contribution in [2.45, 2.75) is 51.7 Å². The molecule has 4 heteroatoms. The van der Waals surface area contributed by atoms with Crippen molar-refractivity contribution in [3.63, 3.8) is 0 Å². The molecular weight excluding hydrogens is 264 g/mol. The molecule has 3 rings (SSSR count). The quantitative estimate of drug-likeness (QED) is 0.842. The SMILES string of the molecule is CC(C)(C)OC(=O)NC1CCc2c([nH]c3ccccc23)C1. The van der Waals surface area contributed by atoms with E-state index in [0.29, 0.717) is 0 Å². The molecule has 0 bridgehead atoms. The molecule has 4 nitrogen and oxygen atoms in total. The normalized spacial score (nSPS) is 18.3. The Labute approximate surface area is 124 Å². The Hall–Kier alpha value is -1.97. The van der Waals surface area contributed by atoms with E-state index in [1.807, 2.05) is 26.8 Å². The van der Waals surface area contributed by atoms with E-state index in [0.717, 1.165) is 19.3 Å². The second kappa shape index (κ2) is 5.10. The zero-order valence-electron chi connectivity index (χ0n) is 12.8. The predicted octanol–water partition coefficient (Wildman–Crippen LogP) is 3.55. The topological polar surface area (TPSA) is 54.1 Å². The van der Waals surface area contributed by atoms with Gasteiger partial charge >= 0.3 is 6.09 Å². The number of carbonyl (C=O) groups is 1. The van der Waals surface area contributed by atoms with Crippen molar-refractivity contribution >= 4 is 17.0 Å². The molecular formula is C17H22N2O2. The summed E-state index contributed by atoms with van der Waals surface area (Å²) in [5.41, 5.74) is 3.36. The smallest absolute Gasteiger partial charge is 0.407 e. The molecule has 1 aliphatic carbocycles. The summed E-state index contributed by atoms with van der Waals surface area (Å²) in [6, 6.07) is 8.51. The number of para-hydroxylation sites is 1. The van der Waals surface area contributed by atoms with Gasteiger partial charge in [0, 0.05) is 29.1 Å². The first-order valence-electron chi connectivity index (χ1n) is 7.50. The number of hydrogen-bond donors (Lipinski definition) is 2. The van der Waals surface area contributed by atoms with Crippen LogP contribution in [0.3, 0.4) is 0 Å². The molecule has 1 aromatic carbocycles. The number of aryl methyl sites for hydroxylation is 1. The summed E-state index contributed by atoms with van der Waals surface area (Å²) in [6.07, 6.45) is 2.45. The molecule has 1 amide bonds. The van der Waals surface area contributed by atoms with E-state index in [1.54, 1.807) is 0 Å². The van der Waals surface area contributed by atoms with E-state index in [-0.39, 0.29) is 12.1 Å². The van der Waals surface area contributed by atoms with Crippen LogP contribution in [0, 0.1) is 0 Å². The van der Waals surface area contributed by atoms with Gasteiger partial charge in [-0.05, 0) is 45.2 Å². The molecule has 0 radical (unpaired) electrons. The molecule has 21 heavy (non-hydrogen) atoms. The van der Waals surface area contributed by atoms with E-state index >= 15 is 0 Å². The van der Waals surface area contributed by atoms with Crippen LogP contribution in [0.15, 0.2) is 24.3 Å². The lowest BCUT2D eigenvalue weighted by molar-refractivity contribution is 0.0500. The van der Waals surface area contributed by atoms with Gasteiger partial charge in [0.1, 0.15) is 5.60 Å². The molecule has 0 fully saturated rings. The predicted molar refractivity (Wildman–Crippen MR) is 83.5 cm³/mol. The van der Waals surface area contributed by atoms with Crippen molar-refractivity contribution < 1.29 is 9.53 Å². The third-order valence-electron chi connectivity index (χ3n) is 3.82. The lowest BCUT2D eigenvalue weighted by Gasteiger charge is -2.26. The molecule has 1 aromatic heterocycles. The first-order chi connectivity index (χ1) is 9.92. The summed E-state index contributed by atoms with van der Waals surface area (Å²) in [4.78, 5) is 15.3. The monoisotopic (exact) mass is 286 g/mol. The molecule has 0 aliphatic heterocycles. The fraction of sp³-hybridized carbons (Fsp3) is 0.471. The number of nitrogens with one attached hydrogen (secondary N) is 2. The average molecular weight is 286 g/mol. The van der Waals surface area contributed by atoms with Gasteiger partial charge in [0.15, 0.2) is 0 Å². The number of fused-ring (bicyclic) bond motifs is 3. The minimum Gasteiger partial charge on any atom is -0.444 e. The number of H-pyrrole nitrogens is 1. The average Bonchev–Trinajstić information content (AvgIpc) is 2.73. The molecule has 0 saturated carbocycles. The second-order valence-corrected chi connectivity index (χ2v) is 6.71. The summed E-state index contributed by atoms with van der Waals surface area (Å²) < 4.78 is 5.33.